The van der Waals surface area contributed by atoms with Crippen molar-refractivity contribution in [2.45, 2.75) is 6.54 Å². The average Bonchev–Trinajstić information content (AvgIpc) is 2.09. The molecule has 1 rings (SSSR count). The summed E-state index contributed by atoms with van der Waals surface area (Å²) in [5.74, 6) is -0.645. The lowest BCUT2D eigenvalue weighted by molar-refractivity contribution is 0.158. The molecule has 0 saturated carbocycles. The maximum Gasteiger partial charge on any atom is 0.135 e. The highest BCUT2D eigenvalue weighted by molar-refractivity contribution is 5.41. The molecule has 0 unspecified atom stereocenters. The van der Waals surface area contributed by atoms with Gasteiger partial charge in [0.25, 0.3) is 0 Å². The Morgan fingerprint density at radius 3 is 2.77 bits per heavy atom. The molecule has 3 N–H and O–H groups in total. The van der Waals surface area contributed by atoms with Crippen molar-refractivity contribution in [3.05, 3.63) is 23.5 Å². The summed E-state index contributed by atoms with van der Waals surface area (Å²) in [5, 5.41) is 17.4. The Labute approximate surface area is 74.5 Å². The van der Waals surface area contributed by atoms with Crippen molar-refractivity contribution in [2.24, 2.45) is 0 Å². The molecule has 0 aliphatic heterocycles. The van der Waals surface area contributed by atoms with Gasteiger partial charge in [-0.15, -0.1) is 0 Å². The third-order valence-electron chi connectivity index (χ3n) is 1.62. The molecule has 0 aromatic heterocycles. The average molecular weight is 187 g/mol. The predicted molar refractivity (Wildman–Crippen MR) is 43.2 cm³/mol. The molecule has 72 valence electrons. The number of phenols is 1. The summed E-state index contributed by atoms with van der Waals surface area (Å²) in [6.45, 7) is -0.0741. The Hall–Kier alpha value is -1.33. The lowest BCUT2D eigenvalue weighted by Gasteiger charge is -2.08. The molecular formula is C8H10FNO3. The van der Waals surface area contributed by atoms with E-state index in [1.54, 1.807) is 0 Å². The number of ether oxygens (including phenoxy) is 1. The zero-order valence-electron chi connectivity index (χ0n) is 7.04. The summed E-state index contributed by atoms with van der Waals surface area (Å²) < 4.78 is 17.9. The number of methoxy groups -OCH3 is 1. The largest absolute Gasteiger partial charge is 0.508 e. The van der Waals surface area contributed by atoms with Crippen LogP contribution in [0.1, 0.15) is 5.56 Å². The van der Waals surface area contributed by atoms with Gasteiger partial charge in [0.15, 0.2) is 0 Å². The molecule has 0 saturated heterocycles. The number of rotatable bonds is 3. The summed E-state index contributed by atoms with van der Waals surface area (Å²) >= 11 is 0. The maximum atomic E-state index is 13.1. The van der Waals surface area contributed by atoms with E-state index in [2.05, 4.69) is 0 Å². The summed E-state index contributed by atoms with van der Waals surface area (Å²) in [6, 6.07) is 2.23. The second-order valence-electron chi connectivity index (χ2n) is 2.44. The van der Waals surface area contributed by atoms with E-state index in [9.17, 15) is 4.39 Å². The number of hydrogen-bond acceptors (Lipinski definition) is 4. The molecule has 1 aromatic carbocycles. The van der Waals surface area contributed by atoms with Gasteiger partial charge in [-0.05, 0) is 0 Å². The first kappa shape index (κ1) is 9.76. The van der Waals surface area contributed by atoms with Gasteiger partial charge in [-0.3, -0.25) is 0 Å². The minimum atomic E-state index is -0.626. The number of benzene rings is 1. The van der Waals surface area contributed by atoms with Gasteiger partial charge in [0.1, 0.15) is 17.3 Å². The summed E-state index contributed by atoms with van der Waals surface area (Å²) in [4.78, 5) is 0. The quantitative estimate of drug-likeness (QED) is 0.618. The Kier molecular flexibility index (Phi) is 3.05. The van der Waals surface area contributed by atoms with Gasteiger partial charge in [-0.25, -0.2) is 9.87 Å². The highest BCUT2D eigenvalue weighted by Crippen LogP contribution is 2.26. The van der Waals surface area contributed by atoms with E-state index in [4.69, 9.17) is 15.1 Å². The van der Waals surface area contributed by atoms with Crippen LogP contribution in [0.25, 0.3) is 0 Å². The molecule has 0 radical (unpaired) electrons. The van der Waals surface area contributed by atoms with E-state index in [1.165, 1.54) is 13.2 Å². The van der Waals surface area contributed by atoms with Gasteiger partial charge in [0, 0.05) is 17.7 Å². The van der Waals surface area contributed by atoms with Gasteiger partial charge in [0.2, 0.25) is 0 Å². The van der Waals surface area contributed by atoms with Gasteiger partial charge in [0.05, 0.1) is 13.7 Å². The first-order valence-electron chi connectivity index (χ1n) is 3.61. The molecule has 4 nitrogen and oxygen atoms in total. The molecule has 13 heavy (non-hydrogen) atoms. The summed E-state index contributed by atoms with van der Waals surface area (Å²) in [6.07, 6.45) is 0. The van der Waals surface area contributed by atoms with Crippen LogP contribution < -0.4 is 10.2 Å². The predicted octanol–water partition coefficient (Wildman–Crippen LogP) is 1.02. The van der Waals surface area contributed by atoms with Crippen molar-refractivity contribution < 1.29 is 19.4 Å². The van der Waals surface area contributed by atoms with Crippen molar-refractivity contribution >= 4 is 0 Å². The Morgan fingerprint density at radius 2 is 2.23 bits per heavy atom. The minimum absolute atomic E-state index is 0.0741. The molecule has 0 spiro atoms. The van der Waals surface area contributed by atoms with Crippen LogP contribution in [-0.4, -0.2) is 17.4 Å². The monoisotopic (exact) mass is 187 g/mol. The van der Waals surface area contributed by atoms with Crippen LogP contribution >= 0.6 is 0 Å². The van der Waals surface area contributed by atoms with E-state index in [0.29, 0.717) is 0 Å². The zero-order chi connectivity index (χ0) is 9.84. The molecular weight excluding hydrogens is 177 g/mol. The number of nitrogens with one attached hydrogen (secondary N) is 1. The molecule has 0 aliphatic carbocycles. The van der Waals surface area contributed by atoms with Crippen molar-refractivity contribution in [3.63, 3.8) is 0 Å². The number of aromatic hydroxyl groups is 1. The number of hydrogen-bond donors (Lipinski definition) is 3. The van der Waals surface area contributed by atoms with Crippen molar-refractivity contribution in [2.75, 3.05) is 7.11 Å². The van der Waals surface area contributed by atoms with Gasteiger partial charge in [-0.1, -0.05) is 0 Å². The Balaban J connectivity index is 3.13. The van der Waals surface area contributed by atoms with Crippen LogP contribution in [0.3, 0.4) is 0 Å². The maximum absolute atomic E-state index is 13.1. The first-order valence-corrected chi connectivity index (χ1v) is 3.61. The number of hydroxylamine groups is 1. The van der Waals surface area contributed by atoms with Crippen LogP contribution in [-0.2, 0) is 6.54 Å². The molecule has 1 aromatic rings. The van der Waals surface area contributed by atoms with Crippen LogP contribution in [0.4, 0.5) is 4.39 Å². The molecule has 0 atom stereocenters. The Bertz CT molecular complexity index is 304. The number of phenolic OH excluding ortho intramolecular Hbond substituents is 1. The Morgan fingerprint density at radius 1 is 1.54 bits per heavy atom. The topological polar surface area (TPSA) is 61.7 Å². The fraction of sp³-hybridized carbons (Fsp3) is 0.250. The standard InChI is InChI=1S/C8H10FNO3/c1-13-8-3-5(11)2-7(9)6(8)4-10-12/h2-3,10-12H,4H2,1H3. The lowest BCUT2D eigenvalue weighted by Crippen LogP contribution is -2.09. The van der Waals surface area contributed by atoms with Gasteiger partial charge in [-0.2, -0.15) is 0 Å². The zero-order valence-corrected chi connectivity index (χ0v) is 7.04. The molecule has 0 bridgehead atoms. The molecule has 5 heteroatoms. The third-order valence-corrected chi connectivity index (χ3v) is 1.62. The summed E-state index contributed by atoms with van der Waals surface area (Å²) in [7, 11) is 1.36. The highest BCUT2D eigenvalue weighted by atomic mass is 19.1. The van der Waals surface area contributed by atoms with E-state index in [-0.39, 0.29) is 23.6 Å². The smallest absolute Gasteiger partial charge is 0.135 e. The fourth-order valence-electron chi connectivity index (χ4n) is 1.03. The van der Waals surface area contributed by atoms with E-state index >= 15 is 0 Å². The molecule has 0 heterocycles. The van der Waals surface area contributed by atoms with Crippen molar-refractivity contribution in [3.8, 4) is 11.5 Å². The van der Waals surface area contributed by atoms with E-state index < -0.39 is 5.82 Å². The SMILES string of the molecule is COc1cc(O)cc(F)c1CNO. The minimum Gasteiger partial charge on any atom is -0.508 e. The van der Waals surface area contributed by atoms with Crippen LogP contribution in [0.15, 0.2) is 12.1 Å². The molecule has 0 aliphatic rings. The number of halogens is 1. The van der Waals surface area contributed by atoms with Gasteiger partial charge < -0.3 is 15.1 Å². The van der Waals surface area contributed by atoms with Crippen molar-refractivity contribution in [1.82, 2.24) is 5.48 Å². The normalized spacial score (nSPS) is 10.1. The van der Waals surface area contributed by atoms with Crippen molar-refractivity contribution in [1.29, 1.82) is 0 Å². The van der Waals surface area contributed by atoms with E-state index in [0.717, 1.165) is 6.07 Å². The van der Waals surface area contributed by atoms with Crippen LogP contribution in [0.5, 0.6) is 11.5 Å². The fourth-order valence-corrected chi connectivity index (χ4v) is 1.03. The third kappa shape index (κ3) is 2.07. The van der Waals surface area contributed by atoms with E-state index in [1.807, 2.05) is 5.48 Å². The first-order chi connectivity index (χ1) is 6.19. The molecule has 0 amide bonds. The highest BCUT2D eigenvalue weighted by Gasteiger charge is 2.10. The summed E-state index contributed by atoms with van der Waals surface area (Å²) in [5.41, 5.74) is 1.99. The van der Waals surface area contributed by atoms with Crippen LogP contribution in [0, 0.1) is 5.82 Å². The van der Waals surface area contributed by atoms with Gasteiger partial charge >= 0.3 is 0 Å². The second-order valence-corrected chi connectivity index (χ2v) is 2.44. The second kappa shape index (κ2) is 4.06. The van der Waals surface area contributed by atoms with Crippen LogP contribution in [0.2, 0.25) is 0 Å². The molecule has 0 fully saturated rings. The lowest BCUT2D eigenvalue weighted by atomic mass is 10.2.